The molecule has 1 atom stereocenters. The molecular weight excluding hydrogens is 372 g/mol. The van der Waals surface area contributed by atoms with Gasteiger partial charge in [0.15, 0.2) is 0 Å². The van der Waals surface area contributed by atoms with E-state index in [9.17, 15) is 23.3 Å². The summed E-state index contributed by atoms with van der Waals surface area (Å²) in [5, 5.41) is 14.2. The second kappa shape index (κ2) is 8.32. The topological polar surface area (TPSA) is 113 Å². The summed E-state index contributed by atoms with van der Waals surface area (Å²) in [5.41, 5.74) is -0.258. The summed E-state index contributed by atoms with van der Waals surface area (Å²) in [6.45, 7) is 3.05. The van der Waals surface area contributed by atoms with Crippen molar-refractivity contribution in [2.24, 2.45) is 5.92 Å². The highest BCUT2D eigenvalue weighted by atomic mass is 32.2. The Bertz CT molecular complexity index is 799. The van der Waals surface area contributed by atoms with Crippen molar-refractivity contribution >= 4 is 21.6 Å². The maximum absolute atomic E-state index is 12.7. The van der Waals surface area contributed by atoms with Gasteiger partial charge in [0.2, 0.25) is 15.9 Å². The zero-order chi connectivity index (χ0) is 19.4. The van der Waals surface area contributed by atoms with Crippen LogP contribution in [0.3, 0.4) is 0 Å². The summed E-state index contributed by atoms with van der Waals surface area (Å²) < 4.78 is 26.8. The molecule has 148 valence electrons. The number of carbonyl (C=O) groups excluding carboxylic acids is 1. The summed E-state index contributed by atoms with van der Waals surface area (Å²) in [7, 11) is -3.81. The summed E-state index contributed by atoms with van der Waals surface area (Å²) in [4.78, 5) is 24.2. The molecule has 2 aliphatic heterocycles. The highest BCUT2D eigenvalue weighted by molar-refractivity contribution is 7.89. The minimum Gasteiger partial charge on any atom is -0.340 e. The normalized spacial score (nSPS) is 21.3. The van der Waals surface area contributed by atoms with Crippen molar-refractivity contribution < 1.29 is 18.1 Å². The number of carbonyl (C=O) groups is 1. The van der Waals surface area contributed by atoms with Crippen LogP contribution in [-0.4, -0.2) is 67.7 Å². The van der Waals surface area contributed by atoms with Gasteiger partial charge in [-0.05, 0) is 37.9 Å². The van der Waals surface area contributed by atoms with Gasteiger partial charge in [-0.1, -0.05) is 6.07 Å². The molecule has 0 spiro atoms. The zero-order valence-corrected chi connectivity index (χ0v) is 15.9. The maximum Gasteiger partial charge on any atom is 0.270 e. The highest BCUT2D eigenvalue weighted by Gasteiger charge is 2.31. The standard InChI is InChI=1S/C17H24N4O5S/c22-17(5-4-14-6-7-18-13-14)19-8-10-20(11-9-19)27(25,26)16-3-1-2-15(12-16)21(23)24/h1-3,12,14,18H,4-11,13H2. The van der Waals surface area contributed by atoms with E-state index in [1.165, 1.54) is 22.5 Å². The van der Waals surface area contributed by atoms with E-state index in [2.05, 4.69) is 5.32 Å². The molecule has 2 saturated heterocycles. The van der Waals surface area contributed by atoms with Gasteiger partial charge >= 0.3 is 0 Å². The number of nitrogens with zero attached hydrogens (tertiary/aromatic N) is 3. The summed E-state index contributed by atoms with van der Waals surface area (Å²) in [5.74, 6) is 0.610. The molecule has 2 heterocycles. The van der Waals surface area contributed by atoms with Crippen LogP contribution < -0.4 is 5.32 Å². The molecule has 0 bridgehead atoms. The van der Waals surface area contributed by atoms with Crippen molar-refractivity contribution in [1.82, 2.24) is 14.5 Å². The monoisotopic (exact) mass is 396 g/mol. The van der Waals surface area contributed by atoms with Crippen molar-refractivity contribution in [2.45, 2.75) is 24.2 Å². The Kier molecular flexibility index (Phi) is 6.08. The van der Waals surface area contributed by atoms with Gasteiger partial charge in [-0.15, -0.1) is 0 Å². The maximum atomic E-state index is 12.7. The molecule has 0 saturated carbocycles. The molecule has 27 heavy (non-hydrogen) atoms. The Morgan fingerprint density at radius 3 is 2.63 bits per heavy atom. The average Bonchev–Trinajstić information content (AvgIpc) is 3.20. The minimum atomic E-state index is -3.81. The molecule has 0 aliphatic carbocycles. The lowest BCUT2D eigenvalue weighted by Crippen LogP contribution is -2.50. The van der Waals surface area contributed by atoms with Gasteiger partial charge in [0.1, 0.15) is 0 Å². The quantitative estimate of drug-likeness (QED) is 0.563. The molecule has 1 N–H and O–H groups in total. The van der Waals surface area contributed by atoms with Crippen LogP contribution in [-0.2, 0) is 14.8 Å². The molecule has 1 aromatic rings. The molecule has 0 radical (unpaired) electrons. The van der Waals surface area contributed by atoms with E-state index in [0.29, 0.717) is 25.4 Å². The molecule has 1 aromatic carbocycles. The predicted octanol–water partition coefficient (Wildman–Crippen LogP) is 0.817. The van der Waals surface area contributed by atoms with Crippen LogP contribution >= 0.6 is 0 Å². The molecule has 3 rings (SSSR count). The first-order valence-corrected chi connectivity index (χ1v) is 10.5. The molecule has 10 heteroatoms. The van der Waals surface area contributed by atoms with Gasteiger partial charge in [0.25, 0.3) is 5.69 Å². The van der Waals surface area contributed by atoms with E-state index >= 15 is 0 Å². The third-order valence-electron chi connectivity index (χ3n) is 5.19. The van der Waals surface area contributed by atoms with E-state index in [0.717, 1.165) is 32.0 Å². The molecule has 0 aromatic heterocycles. The van der Waals surface area contributed by atoms with Crippen LogP contribution in [0.5, 0.6) is 0 Å². The van der Waals surface area contributed by atoms with Gasteiger partial charge in [0, 0.05) is 44.7 Å². The molecule has 2 fully saturated rings. The smallest absolute Gasteiger partial charge is 0.270 e. The number of amides is 1. The van der Waals surface area contributed by atoms with Crippen LogP contribution in [0, 0.1) is 16.0 Å². The summed E-state index contributed by atoms with van der Waals surface area (Å²) in [6, 6.07) is 5.05. The SMILES string of the molecule is O=C(CCC1CCNC1)N1CCN(S(=O)(=O)c2cccc([N+](=O)[O-])c2)CC1. The van der Waals surface area contributed by atoms with E-state index in [1.54, 1.807) is 4.90 Å². The summed E-state index contributed by atoms with van der Waals surface area (Å²) in [6.07, 6.45) is 2.45. The minimum absolute atomic E-state index is 0.0642. The first-order valence-electron chi connectivity index (χ1n) is 9.11. The lowest BCUT2D eigenvalue weighted by molar-refractivity contribution is -0.385. The first-order chi connectivity index (χ1) is 12.9. The first kappa shape index (κ1) is 19.7. The number of hydrogen-bond acceptors (Lipinski definition) is 6. The molecule has 9 nitrogen and oxygen atoms in total. The van der Waals surface area contributed by atoms with E-state index in [1.807, 2.05) is 0 Å². The van der Waals surface area contributed by atoms with Gasteiger partial charge in [0.05, 0.1) is 9.82 Å². The van der Waals surface area contributed by atoms with Crippen molar-refractivity contribution in [1.29, 1.82) is 0 Å². The van der Waals surface area contributed by atoms with Gasteiger partial charge < -0.3 is 10.2 Å². The fourth-order valence-electron chi connectivity index (χ4n) is 3.53. The van der Waals surface area contributed by atoms with Gasteiger partial charge in [-0.3, -0.25) is 14.9 Å². The van der Waals surface area contributed by atoms with E-state index in [-0.39, 0.29) is 29.6 Å². The number of piperazine rings is 1. The van der Waals surface area contributed by atoms with E-state index < -0.39 is 14.9 Å². The van der Waals surface area contributed by atoms with Crippen molar-refractivity contribution in [3.8, 4) is 0 Å². The number of non-ortho nitro benzene ring substituents is 1. The fourth-order valence-corrected chi connectivity index (χ4v) is 4.99. The van der Waals surface area contributed by atoms with Crippen molar-refractivity contribution in [3.05, 3.63) is 34.4 Å². The Morgan fingerprint density at radius 2 is 2.00 bits per heavy atom. The number of sulfonamides is 1. The second-order valence-electron chi connectivity index (χ2n) is 6.94. The Labute approximate surface area is 158 Å². The van der Waals surface area contributed by atoms with Crippen molar-refractivity contribution in [3.63, 3.8) is 0 Å². The number of rotatable bonds is 6. The van der Waals surface area contributed by atoms with Gasteiger partial charge in [-0.2, -0.15) is 4.31 Å². The largest absolute Gasteiger partial charge is 0.340 e. The lowest BCUT2D eigenvalue weighted by Gasteiger charge is -2.34. The highest BCUT2D eigenvalue weighted by Crippen LogP contribution is 2.22. The average molecular weight is 396 g/mol. The lowest BCUT2D eigenvalue weighted by atomic mass is 10.0. The fraction of sp³-hybridized carbons (Fsp3) is 0.588. The molecular formula is C17H24N4O5S. The Morgan fingerprint density at radius 1 is 1.26 bits per heavy atom. The number of nitro benzene ring substituents is 1. The molecule has 2 aliphatic rings. The number of nitrogens with one attached hydrogen (secondary N) is 1. The van der Waals surface area contributed by atoms with Crippen LogP contribution in [0.2, 0.25) is 0 Å². The predicted molar refractivity (Wildman–Crippen MR) is 98.6 cm³/mol. The van der Waals surface area contributed by atoms with Gasteiger partial charge in [-0.25, -0.2) is 8.42 Å². The Balaban J connectivity index is 1.56. The molecule has 1 amide bonds. The van der Waals surface area contributed by atoms with Crippen LogP contribution in [0.25, 0.3) is 0 Å². The Hall–Kier alpha value is -2.04. The van der Waals surface area contributed by atoms with Crippen molar-refractivity contribution in [2.75, 3.05) is 39.3 Å². The zero-order valence-electron chi connectivity index (χ0n) is 15.0. The van der Waals surface area contributed by atoms with E-state index in [4.69, 9.17) is 0 Å². The second-order valence-corrected chi connectivity index (χ2v) is 8.87. The number of hydrogen-bond donors (Lipinski definition) is 1. The molecule has 1 unspecified atom stereocenters. The number of benzene rings is 1. The third kappa shape index (κ3) is 4.63. The third-order valence-corrected chi connectivity index (χ3v) is 7.08. The van der Waals surface area contributed by atoms with Crippen LogP contribution in [0.15, 0.2) is 29.2 Å². The van der Waals surface area contributed by atoms with Crippen LogP contribution in [0.1, 0.15) is 19.3 Å². The van der Waals surface area contributed by atoms with Crippen LogP contribution in [0.4, 0.5) is 5.69 Å². The summed E-state index contributed by atoms with van der Waals surface area (Å²) >= 11 is 0. The number of nitro groups is 1.